The molecule has 0 aliphatic heterocycles. The van der Waals surface area contributed by atoms with Gasteiger partial charge in [0, 0.05) is 12.6 Å². The number of hydrogen-bond donors (Lipinski definition) is 3. The average molecular weight is 426 g/mol. The molecule has 28 heavy (non-hydrogen) atoms. The van der Waals surface area contributed by atoms with E-state index in [1.54, 1.807) is 32.0 Å². The topological polar surface area (TPSA) is 101 Å². The third-order valence-electron chi connectivity index (χ3n) is 4.05. The smallest absolute Gasteiger partial charge is 0.241 e. The highest BCUT2D eigenvalue weighted by atomic mass is 35.5. The second kappa shape index (κ2) is 10.6. The monoisotopic (exact) mass is 425 g/mol. The Morgan fingerprint density at radius 3 is 2.18 bits per heavy atom. The first-order valence-electron chi connectivity index (χ1n) is 8.84. The van der Waals surface area contributed by atoms with Crippen molar-refractivity contribution in [1.29, 1.82) is 0 Å². The molecule has 1 unspecified atom stereocenters. The third kappa shape index (κ3) is 7.24. The van der Waals surface area contributed by atoms with Crippen molar-refractivity contribution in [2.24, 2.45) is 5.73 Å². The highest BCUT2D eigenvalue weighted by Crippen LogP contribution is 2.14. The Hall–Kier alpha value is -1.93. The van der Waals surface area contributed by atoms with Gasteiger partial charge in [-0.15, -0.1) is 12.4 Å². The normalized spacial score (nSPS) is 12.3. The number of nitrogens with two attached hydrogens (primary N) is 1. The van der Waals surface area contributed by atoms with Crippen molar-refractivity contribution in [2.45, 2.75) is 45.2 Å². The highest BCUT2D eigenvalue weighted by molar-refractivity contribution is 7.88. The van der Waals surface area contributed by atoms with Crippen molar-refractivity contribution in [2.75, 3.05) is 0 Å². The van der Waals surface area contributed by atoms with Gasteiger partial charge in [0.1, 0.15) is 6.04 Å². The molecule has 2 rings (SSSR count). The molecule has 4 N–H and O–H groups in total. The van der Waals surface area contributed by atoms with Crippen molar-refractivity contribution in [3.63, 3.8) is 0 Å². The molecule has 0 bridgehead atoms. The van der Waals surface area contributed by atoms with E-state index >= 15 is 0 Å². The van der Waals surface area contributed by atoms with Crippen molar-refractivity contribution in [3.8, 4) is 0 Å². The van der Waals surface area contributed by atoms with Crippen LogP contribution in [-0.4, -0.2) is 20.4 Å². The van der Waals surface area contributed by atoms with Gasteiger partial charge < -0.3 is 11.1 Å². The summed E-state index contributed by atoms with van der Waals surface area (Å²) in [5.41, 5.74) is 9.25. The van der Waals surface area contributed by atoms with E-state index in [9.17, 15) is 13.2 Å². The van der Waals surface area contributed by atoms with Crippen LogP contribution in [0.4, 0.5) is 0 Å². The average Bonchev–Trinajstić information content (AvgIpc) is 2.59. The number of carbonyl (C=O) groups is 1. The van der Waals surface area contributed by atoms with Crippen molar-refractivity contribution in [1.82, 2.24) is 10.0 Å². The van der Waals surface area contributed by atoms with E-state index in [2.05, 4.69) is 10.0 Å². The zero-order valence-corrected chi connectivity index (χ0v) is 17.9. The Balaban J connectivity index is 0.00000392. The number of rotatable bonds is 8. The molecule has 0 aliphatic carbocycles. The van der Waals surface area contributed by atoms with Crippen LogP contribution in [-0.2, 0) is 27.1 Å². The van der Waals surface area contributed by atoms with Gasteiger partial charge >= 0.3 is 0 Å². The van der Waals surface area contributed by atoms with E-state index in [4.69, 9.17) is 5.73 Å². The van der Waals surface area contributed by atoms with Gasteiger partial charge in [0.25, 0.3) is 0 Å². The molecular weight excluding hydrogens is 398 g/mol. The first-order chi connectivity index (χ1) is 12.7. The summed E-state index contributed by atoms with van der Waals surface area (Å²) in [7, 11) is -3.45. The Bertz CT molecular complexity index is 884. The maximum absolute atomic E-state index is 12.4. The molecule has 8 heteroatoms. The number of nitrogens with one attached hydrogen (secondary N) is 2. The maximum atomic E-state index is 12.4. The molecule has 2 aromatic carbocycles. The third-order valence-corrected chi connectivity index (χ3v) is 5.57. The minimum absolute atomic E-state index is 0. The van der Waals surface area contributed by atoms with E-state index in [0.29, 0.717) is 5.56 Å². The minimum atomic E-state index is -3.45. The number of benzene rings is 2. The maximum Gasteiger partial charge on any atom is 0.241 e. The van der Waals surface area contributed by atoms with E-state index in [-0.39, 0.29) is 36.7 Å². The molecule has 154 valence electrons. The lowest BCUT2D eigenvalue weighted by molar-refractivity contribution is -0.122. The van der Waals surface area contributed by atoms with Crippen LogP contribution in [0, 0.1) is 6.92 Å². The number of hydrogen-bond acceptors (Lipinski definition) is 4. The Morgan fingerprint density at radius 1 is 1.04 bits per heavy atom. The number of halogens is 1. The fourth-order valence-electron chi connectivity index (χ4n) is 2.69. The molecule has 0 radical (unpaired) electrons. The highest BCUT2D eigenvalue weighted by Gasteiger charge is 2.18. The molecule has 0 heterocycles. The second-order valence-corrected chi connectivity index (χ2v) is 8.66. The summed E-state index contributed by atoms with van der Waals surface area (Å²) < 4.78 is 27.0. The van der Waals surface area contributed by atoms with Gasteiger partial charge in [-0.25, -0.2) is 13.1 Å². The van der Waals surface area contributed by atoms with Crippen LogP contribution in [0.5, 0.6) is 0 Å². The second-order valence-electron chi connectivity index (χ2n) is 6.91. The van der Waals surface area contributed by atoms with Gasteiger partial charge in [-0.05, 0) is 37.5 Å². The molecule has 2 aromatic rings. The number of carbonyl (C=O) groups excluding carboxylic acids is 1. The summed E-state index contributed by atoms with van der Waals surface area (Å²) in [6.45, 7) is 5.73. The van der Waals surface area contributed by atoms with Crippen molar-refractivity contribution >= 4 is 28.3 Å². The molecule has 0 aliphatic rings. The van der Waals surface area contributed by atoms with Crippen LogP contribution in [0.1, 0.15) is 42.1 Å². The molecule has 0 aromatic heterocycles. The van der Waals surface area contributed by atoms with Gasteiger partial charge in [-0.1, -0.05) is 54.1 Å². The molecular formula is C20H28ClN3O3S. The van der Waals surface area contributed by atoms with Crippen LogP contribution in [0.25, 0.3) is 0 Å². The summed E-state index contributed by atoms with van der Waals surface area (Å²) in [6.07, 6.45) is 0. The lowest BCUT2D eigenvalue weighted by Crippen LogP contribution is -2.34. The summed E-state index contributed by atoms with van der Waals surface area (Å²) in [5.74, 6) is -0.446. The zero-order valence-electron chi connectivity index (χ0n) is 16.3. The number of sulfonamides is 1. The Labute approximate surface area is 173 Å². The van der Waals surface area contributed by atoms with Crippen molar-refractivity contribution < 1.29 is 13.2 Å². The summed E-state index contributed by atoms with van der Waals surface area (Å²) in [6, 6.07) is 13.7. The SMILES string of the molecule is Cc1ccc(C(N)C(=O)NCc2ccccc2CS(=O)(=O)NC(C)C)cc1.Cl. The van der Waals surface area contributed by atoms with Gasteiger partial charge in [0.2, 0.25) is 15.9 Å². The fraction of sp³-hybridized carbons (Fsp3) is 0.350. The van der Waals surface area contributed by atoms with E-state index in [1.807, 2.05) is 37.3 Å². The van der Waals surface area contributed by atoms with Crippen LogP contribution in [0.3, 0.4) is 0 Å². The zero-order chi connectivity index (χ0) is 20.0. The molecule has 0 fully saturated rings. The standard InChI is InChI=1S/C20H27N3O3S.ClH/c1-14(2)23-27(25,26)13-18-7-5-4-6-17(18)12-22-20(24)19(21)16-10-8-15(3)9-11-16;/h4-11,14,19,23H,12-13,21H2,1-3H3,(H,22,24);1H. The summed E-state index contributed by atoms with van der Waals surface area (Å²) >= 11 is 0. The van der Waals surface area contributed by atoms with Gasteiger partial charge in [0.15, 0.2) is 0 Å². The fourth-order valence-corrected chi connectivity index (χ4v) is 4.19. The molecule has 6 nitrogen and oxygen atoms in total. The molecule has 0 saturated heterocycles. The first-order valence-corrected chi connectivity index (χ1v) is 10.5. The van der Waals surface area contributed by atoms with Crippen LogP contribution >= 0.6 is 12.4 Å². The minimum Gasteiger partial charge on any atom is -0.350 e. The largest absolute Gasteiger partial charge is 0.350 e. The summed E-state index contributed by atoms with van der Waals surface area (Å²) in [4.78, 5) is 12.4. The van der Waals surface area contributed by atoms with Crippen LogP contribution in [0.15, 0.2) is 48.5 Å². The lowest BCUT2D eigenvalue weighted by atomic mass is 10.0. The first kappa shape index (κ1) is 24.1. The number of amides is 1. The van der Waals surface area contributed by atoms with Gasteiger partial charge in [-0.2, -0.15) is 0 Å². The van der Waals surface area contributed by atoms with E-state index < -0.39 is 16.1 Å². The molecule has 0 spiro atoms. The van der Waals surface area contributed by atoms with Crippen LogP contribution < -0.4 is 15.8 Å². The van der Waals surface area contributed by atoms with E-state index in [0.717, 1.165) is 16.7 Å². The predicted molar refractivity (Wildman–Crippen MR) is 115 cm³/mol. The predicted octanol–water partition coefficient (Wildman–Crippen LogP) is 2.56. The molecule has 1 amide bonds. The van der Waals surface area contributed by atoms with Gasteiger partial charge in [-0.3, -0.25) is 4.79 Å². The van der Waals surface area contributed by atoms with Crippen molar-refractivity contribution in [3.05, 3.63) is 70.8 Å². The van der Waals surface area contributed by atoms with E-state index in [1.165, 1.54) is 0 Å². The van der Waals surface area contributed by atoms with Gasteiger partial charge in [0.05, 0.1) is 5.75 Å². The van der Waals surface area contributed by atoms with Crippen LogP contribution in [0.2, 0.25) is 0 Å². The summed E-state index contributed by atoms with van der Waals surface area (Å²) in [5, 5.41) is 2.80. The lowest BCUT2D eigenvalue weighted by Gasteiger charge is -2.15. The Morgan fingerprint density at radius 2 is 1.61 bits per heavy atom. The quantitative estimate of drug-likeness (QED) is 0.604. The molecule has 1 atom stereocenters. The number of aryl methyl sites for hydroxylation is 1. The Kier molecular flexibility index (Phi) is 9.10. The molecule has 0 saturated carbocycles.